The summed E-state index contributed by atoms with van der Waals surface area (Å²) in [4.78, 5) is 31.8. The van der Waals surface area contributed by atoms with E-state index in [1.807, 2.05) is 51.1 Å². The second kappa shape index (κ2) is 15.6. The zero-order valence-electron chi connectivity index (χ0n) is 25.4. The van der Waals surface area contributed by atoms with E-state index in [1.54, 1.807) is 54.0 Å². The molecule has 1 amide bonds. The van der Waals surface area contributed by atoms with Crippen molar-refractivity contribution < 1.29 is 36.9 Å². The van der Waals surface area contributed by atoms with E-state index in [2.05, 4.69) is 0 Å². The number of anilines is 1. The van der Waals surface area contributed by atoms with Crippen LogP contribution < -0.4 is 14.4 Å². The maximum Gasteiger partial charge on any atom is 0.322 e. The third kappa shape index (κ3) is 9.60. The first-order valence-electron chi connectivity index (χ1n) is 13.8. The van der Waals surface area contributed by atoms with Gasteiger partial charge < -0.3 is 14.3 Å². The van der Waals surface area contributed by atoms with Crippen LogP contribution in [-0.4, -0.2) is 56.2 Å². The molecule has 1 aliphatic rings. The molecule has 0 fully saturated rings. The van der Waals surface area contributed by atoms with Gasteiger partial charge in [0.1, 0.15) is 16.9 Å². The molecule has 3 aromatic carbocycles. The third-order valence-corrected chi connectivity index (χ3v) is 8.77. The smallest absolute Gasteiger partial charge is 0.322 e. The van der Waals surface area contributed by atoms with Crippen molar-refractivity contribution in [2.45, 2.75) is 62.2 Å². The molecule has 0 spiro atoms. The van der Waals surface area contributed by atoms with Gasteiger partial charge in [-0.25, -0.2) is 0 Å². The summed E-state index contributed by atoms with van der Waals surface area (Å²) in [5.41, 5.74) is 2.62. The first kappa shape index (κ1) is 35.2. The van der Waals surface area contributed by atoms with Crippen LogP contribution in [0.2, 0.25) is 5.02 Å². The zero-order chi connectivity index (χ0) is 32.6. The van der Waals surface area contributed by atoms with Gasteiger partial charge >= 0.3 is 5.97 Å². The average Bonchev–Trinajstić information content (AvgIpc) is 3.33. The van der Waals surface area contributed by atoms with Gasteiger partial charge in [0.2, 0.25) is 5.91 Å². The van der Waals surface area contributed by atoms with Crippen LogP contribution in [0.4, 0.5) is 5.69 Å². The Labute approximate surface area is 267 Å². The first-order chi connectivity index (χ1) is 20.7. The lowest BCUT2D eigenvalue weighted by molar-refractivity contribution is -0.197. The molecular formula is C31H37ClN2O8S2. The summed E-state index contributed by atoms with van der Waals surface area (Å²) in [5, 5.41) is 1.95. The third-order valence-electron chi connectivity index (χ3n) is 6.40. The van der Waals surface area contributed by atoms with E-state index in [0.29, 0.717) is 36.1 Å². The molecule has 1 atom stereocenters. The number of hydrogen-bond acceptors (Lipinski definition) is 9. The molecule has 0 aliphatic carbocycles. The molecule has 0 saturated carbocycles. The molecule has 0 bridgehead atoms. The van der Waals surface area contributed by atoms with Gasteiger partial charge in [0.15, 0.2) is 0 Å². The maximum atomic E-state index is 12.6. The highest BCUT2D eigenvalue weighted by Crippen LogP contribution is 2.54. The number of hydrogen-bond donors (Lipinski definition) is 1. The second-order valence-electron chi connectivity index (χ2n) is 10.2. The highest BCUT2D eigenvalue weighted by molar-refractivity contribution is 8.00. The largest absolute Gasteiger partial charge is 0.497 e. The second-order valence-corrected chi connectivity index (χ2v) is 13.2. The lowest BCUT2D eigenvalue weighted by Gasteiger charge is -2.26. The van der Waals surface area contributed by atoms with Crippen molar-refractivity contribution in [3.05, 3.63) is 76.8 Å². The van der Waals surface area contributed by atoms with Crippen molar-refractivity contribution in [1.29, 1.82) is 0 Å². The number of ether oxygens (including phenoxy) is 2. The minimum Gasteiger partial charge on any atom is -0.497 e. The number of methoxy groups -OCH3 is 1. The summed E-state index contributed by atoms with van der Waals surface area (Å²) in [5.74, 6) is 0.930. The van der Waals surface area contributed by atoms with Crippen LogP contribution in [0.25, 0.3) is 0 Å². The molecule has 0 aromatic heterocycles. The average molecular weight is 665 g/mol. The fourth-order valence-electron chi connectivity index (χ4n) is 4.28. The summed E-state index contributed by atoms with van der Waals surface area (Å²) >= 11 is 7.74. The Morgan fingerprint density at radius 3 is 2.32 bits per heavy atom. The molecule has 1 aliphatic heterocycles. The minimum atomic E-state index is -4.02. The van der Waals surface area contributed by atoms with Crippen molar-refractivity contribution >= 4 is 51.0 Å². The van der Waals surface area contributed by atoms with Crippen molar-refractivity contribution in [3.63, 3.8) is 0 Å². The number of rotatable bonds is 10. The van der Waals surface area contributed by atoms with Gasteiger partial charge in [0.25, 0.3) is 10.1 Å². The van der Waals surface area contributed by atoms with E-state index < -0.39 is 10.1 Å². The summed E-state index contributed by atoms with van der Waals surface area (Å²) in [6.45, 7) is 9.67. The van der Waals surface area contributed by atoms with E-state index in [0.717, 1.165) is 21.7 Å². The number of fused-ring (bicyclic) bond motifs is 1. The van der Waals surface area contributed by atoms with Crippen LogP contribution in [0, 0.1) is 6.92 Å². The molecule has 3 aromatic rings. The molecule has 1 heterocycles. The molecule has 13 heteroatoms. The molecule has 4 rings (SSSR count). The standard InChI is InChI=1S/C24H29ClN2O5S.C7H8O3S/c1-15(2)26(32-17(4)29)11-6-12-31-22-10-8-19(30-5)14-20(22)24-27(16(3)28)21-9-7-18(25)13-23(21)33-24;1-6-2-4-7(5-3-6)11(8,9)10/h7-10,13-15,24H,6,11-12H2,1-5H3;2-5H,1H3,(H,8,9,10). The number of amides is 1. The lowest BCUT2D eigenvalue weighted by Crippen LogP contribution is -2.34. The molecule has 1 unspecified atom stereocenters. The molecule has 238 valence electrons. The Kier molecular flexibility index (Phi) is 12.5. The van der Waals surface area contributed by atoms with Crippen LogP contribution in [0.5, 0.6) is 11.5 Å². The highest BCUT2D eigenvalue weighted by atomic mass is 35.5. The number of hydroxylamine groups is 2. The van der Waals surface area contributed by atoms with E-state index in [4.69, 9.17) is 30.5 Å². The van der Waals surface area contributed by atoms with Crippen molar-refractivity contribution in [2.75, 3.05) is 25.2 Å². The van der Waals surface area contributed by atoms with Gasteiger partial charge in [-0.1, -0.05) is 41.1 Å². The van der Waals surface area contributed by atoms with Crippen LogP contribution in [-0.2, 0) is 24.5 Å². The van der Waals surface area contributed by atoms with Gasteiger partial charge in [-0.15, -0.1) is 5.06 Å². The van der Waals surface area contributed by atoms with Gasteiger partial charge in [-0.2, -0.15) is 8.42 Å². The SMILES string of the molecule is COc1ccc(OCCCN(OC(C)=O)C(C)C)c(C2Sc3cc(Cl)ccc3N2C(C)=O)c1.Cc1ccc(S(=O)(=O)O)cc1. The Bertz CT molecular complexity index is 1570. The summed E-state index contributed by atoms with van der Waals surface area (Å²) < 4.78 is 41.1. The Morgan fingerprint density at radius 2 is 1.75 bits per heavy atom. The Hall–Kier alpha value is -3.29. The molecule has 0 saturated heterocycles. The fraction of sp³-hybridized carbons (Fsp3) is 0.355. The molecule has 10 nitrogen and oxygen atoms in total. The number of carbonyl (C=O) groups is 2. The van der Waals surface area contributed by atoms with Crippen LogP contribution in [0.15, 0.2) is 70.5 Å². The predicted molar refractivity (Wildman–Crippen MR) is 171 cm³/mol. The summed E-state index contributed by atoms with van der Waals surface area (Å²) in [6, 6.07) is 17.2. The van der Waals surface area contributed by atoms with Crippen molar-refractivity contribution in [1.82, 2.24) is 5.06 Å². The lowest BCUT2D eigenvalue weighted by atomic mass is 10.1. The zero-order valence-corrected chi connectivity index (χ0v) is 27.8. The number of carbonyl (C=O) groups excluding carboxylic acids is 2. The molecule has 0 radical (unpaired) electrons. The molecular weight excluding hydrogens is 628 g/mol. The van der Waals surface area contributed by atoms with Gasteiger partial charge in [0, 0.05) is 41.9 Å². The van der Waals surface area contributed by atoms with E-state index in [1.165, 1.54) is 19.1 Å². The van der Waals surface area contributed by atoms with Crippen molar-refractivity contribution in [2.24, 2.45) is 0 Å². The fourth-order valence-corrected chi connectivity index (χ4v) is 6.40. The van der Waals surface area contributed by atoms with Crippen molar-refractivity contribution in [3.8, 4) is 11.5 Å². The van der Waals surface area contributed by atoms with E-state index in [-0.39, 0.29) is 28.2 Å². The van der Waals surface area contributed by atoms with E-state index >= 15 is 0 Å². The number of benzene rings is 3. The van der Waals surface area contributed by atoms with Crippen LogP contribution in [0.3, 0.4) is 0 Å². The van der Waals surface area contributed by atoms with Crippen LogP contribution in [0.1, 0.15) is 50.6 Å². The normalized spacial score (nSPS) is 14.1. The molecule has 44 heavy (non-hydrogen) atoms. The van der Waals surface area contributed by atoms with Gasteiger partial charge in [-0.3, -0.25) is 19.0 Å². The maximum absolute atomic E-state index is 12.6. The van der Waals surface area contributed by atoms with E-state index in [9.17, 15) is 18.0 Å². The minimum absolute atomic E-state index is 0.0646. The summed E-state index contributed by atoms with van der Waals surface area (Å²) in [6.07, 6.45) is 0.654. The Morgan fingerprint density at radius 1 is 1.07 bits per heavy atom. The number of thioether (sulfide) groups is 1. The monoisotopic (exact) mass is 664 g/mol. The number of halogens is 1. The van der Waals surface area contributed by atoms with Gasteiger partial charge in [-0.05, 0) is 75.7 Å². The number of nitrogens with zero attached hydrogens (tertiary/aromatic N) is 2. The first-order valence-corrected chi connectivity index (χ1v) is 16.5. The predicted octanol–water partition coefficient (Wildman–Crippen LogP) is 6.71. The van der Waals surface area contributed by atoms with Gasteiger partial charge in [0.05, 0.1) is 24.3 Å². The topological polar surface area (TPSA) is 123 Å². The molecule has 1 N–H and O–H groups in total. The quantitative estimate of drug-likeness (QED) is 0.142. The number of aryl methyl sites for hydroxylation is 1. The van der Waals surface area contributed by atoms with Crippen LogP contribution >= 0.6 is 23.4 Å². The summed E-state index contributed by atoms with van der Waals surface area (Å²) in [7, 11) is -2.41. The Balaban J connectivity index is 0.000000404. The highest BCUT2D eigenvalue weighted by Gasteiger charge is 2.36.